The summed E-state index contributed by atoms with van der Waals surface area (Å²) in [6.07, 6.45) is 13.4. The largest absolute Gasteiger partial charge is 0.534 e. The average molecular weight is 866 g/mol. The van der Waals surface area contributed by atoms with E-state index in [1.165, 1.54) is 40.1 Å². The van der Waals surface area contributed by atoms with E-state index >= 15 is 0 Å². The number of benzene rings is 2. The van der Waals surface area contributed by atoms with Crippen LogP contribution in [0, 0.1) is 5.92 Å². The summed E-state index contributed by atoms with van der Waals surface area (Å²) in [7, 11) is -5.98. The molecule has 302 valence electrons. The van der Waals surface area contributed by atoms with Gasteiger partial charge in [0.25, 0.3) is 11.5 Å². The number of hydrogen-bond donors (Lipinski definition) is 0. The Morgan fingerprint density at radius 2 is 1.38 bits per heavy atom. The molecule has 1 aliphatic rings. The lowest BCUT2D eigenvalue weighted by Gasteiger charge is -2.30. The van der Waals surface area contributed by atoms with Gasteiger partial charge in [0.15, 0.2) is 10.3 Å². The molecular weight excluding hydrogens is 821 g/mol. The maximum atomic E-state index is 13.2. The molecule has 0 saturated carbocycles. The van der Waals surface area contributed by atoms with Crippen LogP contribution >= 0.6 is 46.7 Å². The second-order valence-electron chi connectivity index (χ2n) is 12.5. The van der Waals surface area contributed by atoms with Gasteiger partial charge in [-0.1, -0.05) is 130 Å². The standard InChI is InChI=1S/C19H22ClF3N2O4S2.C18H23ClN2O2S/c1-3-4-5-6-7-11-15-16(29-31(27,28)19(21,22)23)24-18(30-2)25(17(15)26)14-10-8-9-13(20)12-14;1-3-4-5-6-7-11-15-16(22)20-18(24-2)21(17(15)23)14-10-8-9-13(19)12-14/h8-10,12H,3-7,11H2,1-2H3;8-10,12,15H,3-7,11H2,1-2H3. The molecule has 3 aromatic rings. The maximum absolute atomic E-state index is 13.2. The summed E-state index contributed by atoms with van der Waals surface area (Å²) in [5, 5.41) is 1.27. The molecule has 2 amide bonds. The van der Waals surface area contributed by atoms with Crippen molar-refractivity contribution < 1.29 is 35.4 Å². The molecule has 0 fully saturated rings. The van der Waals surface area contributed by atoms with E-state index < -0.39 is 33.0 Å². The molecule has 4 rings (SSSR count). The first-order valence-corrected chi connectivity index (χ1v) is 22.4. The fourth-order valence-corrected chi connectivity index (χ4v) is 7.52. The molecule has 1 unspecified atom stereocenters. The zero-order valence-corrected chi connectivity index (χ0v) is 35.0. The van der Waals surface area contributed by atoms with Crippen LogP contribution in [0.15, 0.2) is 63.5 Å². The van der Waals surface area contributed by atoms with Crippen LogP contribution in [-0.4, -0.2) is 53.0 Å². The van der Waals surface area contributed by atoms with Gasteiger partial charge in [0.05, 0.1) is 16.9 Å². The Morgan fingerprint density at radius 1 is 0.818 bits per heavy atom. The number of amidine groups is 1. The van der Waals surface area contributed by atoms with Gasteiger partial charge in [-0.25, -0.2) is 0 Å². The van der Waals surface area contributed by atoms with Gasteiger partial charge < -0.3 is 4.18 Å². The van der Waals surface area contributed by atoms with Crippen LogP contribution in [0.2, 0.25) is 10.0 Å². The Bertz CT molecular complexity index is 1980. The minimum absolute atomic E-state index is 0.0213. The first-order valence-electron chi connectivity index (χ1n) is 17.8. The minimum atomic E-state index is -5.98. The molecular formula is C37H45Cl2F3N4O6S3. The molecule has 1 aliphatic heterocycles. The van der Waals surface area contributed by atoms with Gasteiger partial charge >= 0.3 is 15.6 Å². The first kappa shape index (κ1) is 46.3. The number of alkyl halides is 3. The first-order chi connectivity index (χ1) is 26.1. The zero-order chi connectivity index (χ0) is 40.8. The lowest BCUT2D eigenvalue weighted by atomic mass is 9.97. The van der Waals surface area contributed by atoms with Crippen molar-refractivity contribution >= 4 is 79.5 Å². The number of aromatic nitrogens is 2. The fraction of sp³-hybridized carbons (Fsp3) is 0.486. The number of unbranched alkanes of at least 4 members (excludes halogenated alkanes) is 8. The highest BCUT2D eigenvalue weighted by Gasteiger charge is 2.49. The maximum Gasteiger partial charge on any atom is 0.534 e. The Morgan fingerprint density at radius 3 is 1.93 bits per heavy atom. The number of rotatable bonds is 17. The third-order valence-corrected chi connectivity index (χ3v) is 11.1. The van der Waals surface area contributed by atoms with Crippen molar-refractivity contribution in [3.63, 3.8) is 0 Å². The van der Waals surface area contributed by atoms with Crippen molar-refractivity contribution in [1.82, 2.24) is 9.55 Å². The van der Waals surface area contributed by atoms with Gasteiger partial charge in [0.2, 0.25) is 11.8 Å². The lowest BCUT2D eigenvalue weighted by Crippen LogP contribution is -2.46. The highest BCUT2D eigenvalue weighted by Crippen LogP contribution is 2.31. The number of nitrogens with zero attached hydrogens (tertiary/aromatic N) is 4. The molecule has 0 aliphatic carbocycles. The molecule has 18 heteroatoms. The average Bonchev–Trinajstić information content (AvgIpc) is 3.12. The monoisotopic (exact) mass is 864 g/mol. The molecule has 0 bridgehead atoms. The van der Waals surface area contributed by atoms with Gasteiger partial charge in [0.1, 0.15) is 5.92 Å². The molecule has 2 aromatic carbocycles. The second kappa shape index (κ2) is 22.0. The summed E-state index contributed by atoms with van der Waals surface area (Å²) in [6.45, 7) is 4.19. The number of carbonyl (C=O) groups excluding carboxylic acids is 2. The predicted octanol–water partition coefficient (Wildman–Crippen LogP) is 10.3. The predicted molar refractivity (Wildman–Crippen MR) is 216 cm³/mol. The van der Waals surface area contributed by atoms with E-state index in [0.29, 0.717) is 39.4 Å². The van der Waals surface area contributed by atoms with Crippen LogP contribution in [0.5, 0.6) is 5.88 Å². The summed E-state index contributed by atoms with van der Waals surface area (Å²) in [4.78, 5) is 48.0. The molecule has 0 spiro atoms. The van der Waals surface area contributed by atoms with Crippen LogP contribution in [0.25, 0.3) is 5.69 Å². The summed E-state index contributed by atoms with van der Waals surface area (Å²) in [5.74, 6) is -2.04. The highest BCUT2D eigenvalue weighted by atomic mass is 35.5. The third kappa shape index (κ3) is 13.0. The number of halogens is 5. The quantitative estimate of drug-likeness (QED) is 0.0325. The highest BCUT2D eigenvalue weighted by molar-refractivity contribution is 8.13. The molecule has 2 heterocycles. The van der Waals surface area contributed by atoms with Crippen molar-refractivity contribution in [3.05, 3.63) is 74.5 Å². The summed E-state index contributed by atoms with van der Waals surface area (Å²) in [5.41, 5.74) is -5.57. The number of hydrogen-bond acceptors (Lipinski definition) is 9. The van der Waals surface area contributed by atoms with Crippen LogP contribution in [-0.2, 0) is 26.1 Å². The van der Waals surface area contributed by atoms with E-state index in [0.717, 1.165) is 56.7 Å². The Balaban J connectivity index is 0.000000305. The summed E-state index contributed by atoms with van der Waals surface area (Å²) in [6, 6.07) is 13.4. The van der Waals surface area contributed by atoms with Crippen LogP contribution in [0.3, 0.4) is 0 Å². The van der Waals surface area contributed by atoms with E-state index in [1.54, 1.807) is 42.7 Å². The Labute approximate surface area is 338 Å². The van der Waals surface area contributed by atoms with Crippen LogP contribution < -0.4 is 14.6 Å². The van der Waals surface area contributed by atoms with E-state index in [4.69, 9.17) is 23.2 Å². The summed E-state index contributed by atoms with van der Waals surface area (Å²) < 4.78 is 67.3. The fourth-order valence-electron chi connectivity index (χ4n) is 5.60. The minimum Gasteiger partial charge on any atom is -0.355 e. The van der Waals surface area contributed by atoms with Gasteiger partial charge in [-0.05, 0) is 68.2 Å². The van der Waals surface area contributed by atoms with Crippen LogP contribution in [0.1, 0.15) is 90.0 Å². The van der Waals surface area contributed by atoms with Crippen molar-refractivity contribution in [2.75, 3.05) is 17.4 Å². The van der Waals surface area contributed by atoms with Gasteiger partial charge in [-0.3, -0.25) is 23.9 Å². The molecule has 10 nitrogen and oxygen atoms in total. The third-order valence-electron chi connectivity index (χ3n) is 8.42. The number of aliphatic imine (C=N–C) groups is 1. The number of anilines is 1. The Hall–Kier alpha value is -3.05. The number of amides is 2. The normalized spacial score (nSPS) is 14.7. The van der Waals surface area contributed by atoms with E-state index in [-0.39, 0.29) is 29.0 Å². The summed E-state index contributed by atoms with van der Waals surface area (Å²) >= 11 is 14.3. The molecule has 1 atom stereocenters. The van der Waals surface area contributed by atoms with Crippen molar-refractivity contribution in [2.45, 2.75) is 102 Å². The van der Waals surface area contributed by atoms with Crippen molar-refractivity contribution in [3.8, 4) is 11.6 Å². The van der Waals surface area contributed by atoms with Crippen molar-refractivity contribution in [2.24, 2.45) is 10.9 Å². The lowest BCUT2D eigenvalue weighted by molar-refractivity contribution is -0.132. The SMILES string of the molecule is CCCCCCCC1C(=O)N=C(SC)N(c2cccc(Cl)c2)C1=O.CCCCCCCc1c(OS(=O)(=O)C(F)(F)F)nc(SC)n(-c2cccc(Cl)c2)c1=O. The van der Waals surface area contributed by atoms with Gasteiger partial charge in [-0.2, -0.15) is 31.6 Å². The number of thioether (sulfide) groups is 2. The molecule has 0 N–H and O–H groups in total. The molecule has 0 saturated heterocycles. The van der Waals surface area contributed by atoms with E-state index in [9.17, 15) is 36.0 Å². The van der Waals surface area contributed by atoms with Gasteiger partial charge in [-0.15, -0.1) is 0 Å². The Kier molecular flexibility index (Phi) is 18.6. The van der Waals surface area contributed by atoms with Gasteiger partial charge in [0, 0.05) is 10.0 Å². The topological polar surface area (TPSA) is 128 Å². The molecule has 0 radical (unpaired) electrons. The molecule has 55 heavy (non-hydrogen) atoms. The molecule has 1 aromatic heterocycles. The van der Waals surface area contributed by atoms with Crippen molar-refractivity contribution in [1.29, 1.82) is 0 Å². The second-order valence-corrected chi connectivity index (χ2v) is 16.5. The van der Waals surface area contributed by atoms with E-state index in [1.807, 2.05) is 19.2 Å². The smallest absolute Gasteiger partial charge is 0.355 e. The van der Waals surface area contributed by atoms with Crippen LogP contribution in [0.4, 0.5) is 18.9 Å². The zero-order valence-electron chi connectivity index (χ0n) is 31.0. The number of carbonyl (C=O) groups is 2. The van der Waals surface area contributed by atoms with E-state index in [2.05, 4.69) is 21.1 Å².